The monoisotopic (exact) mass is 456 g/mol. The van der Waals surface area contributed by atoms with Crippen molar-refractivity contribution >= 4 is 27.4 Å². The Labute approximate surface area is 188 Å². The van der Waals surface area contributed by atoms with E-state index in [1.54, 1.807) is 19.1 Å². The number of rotatable bonds is 4. The van der Waals surface area contributed by atoms with Crippen molar-refractivity contribution in [1.29, 1.82) is 0 Å². The SMILES string of the molecule is Cc1cc(S(=O)(=O)N2CCN(c3ccc(-c4ccccc4C)nn3)CC2)c(C)cc1Cl. The number of hydrogen-bond acceptors (Lipinski definition) is 5. The van der Waals surface area contributed by atoms with E-state index < -0.39 is 10.0 Å². The minimum absolute atomic E-state index is 0.324. The van der Waals surface area contributed by atoms with E-state index in [1.165, 1.54) is 4.31 Å². The van der Waals surface area contributed by atoms with Crippen LogP contribution in [-0.4, -0.2) is 49.1 Å². The van der Waals surface area contributed by atoms with Crippen LogP contribution in [0.3, 0.4) is 0 Å². The Bertz CT molecular complexity index is 1200. The molecule has 162 valence electrons. The van der Waals surface area contributed by atoms with Gasteiger partial charge in [-0.25, -0.2) is 8.42 Å². The van der Waals surface area contributed by atoms with E-state index in [2.05, 4.69) is 28.1 Å². The van der Waals surface area contributed by atoms with Crippen molar-refractivity contribution in [2.24, 2.45) is 0 Å². The minimum Gasteiger partial charge on any atom is -0.352 e. The second-order valence-corrected chi connectivity index (χ2v) is 10.2. The zero-order chi connectivity index (χ0) is 22.2. The Morgan fingerprint density at radius 3 is 2.19 bits per heavy atom. The predicted molar refractivity (Wildman–Crippen MR) is 124 cm³/mol. The van der Waals surface area contributed by atoms with Crippen LogP contribution in [0.4, 0.5) is 5.82 Å². The average molecular weight is 457 g/mol. The molecule has 0 N–H and O–H groups in total. The van der Waals surface area contributed by atoms with Crippen LogP contribution in [0.25, 0.3) is 11.3 Å². The summed E-state index contributed by atoms with van der Waals surface area (Å²) in [6, 6.07) is 15.4. The van der Waals surface area contributed by atoms with E-state index in [-0.39, 0.29) is 0 Å². The van der Waals surface area contributed by atoms with Crippen molar-refractivity contribution in [3.05, 3.63) is 70.2 Å². The molecule has 0 aliphatic carbocycles. The Morgan fingerprint density at radius 2 is 1.55 bits per heavy atom. The van der Waals surface area contributed by atoms with Crippen LogP contribution < -0.4 is 4.90 Å². The lowest BCUT2D eigenvalue weighted by molar-refractivity contribution is 0.383. The molecule has 0 amide bonds. The van der Waals surface area contributed by atoms with Crippen molar-refractivity contribution < 1.29 is 8.42 Å². The summed E-state index contributed by atoms with van der Waals surface area (Å²) in [5.41, 5.74) is 4.46. The number of benzene rings is 2. The van der Waals surface area contributed by atoms with Gasteiger partial charge in [-0.05, 0) is 61.7 Å². The quantitative estimate of drug-likeness (QED) is 0.587. The van der Waals surface area contributed by atoms with Gasteiger partial charge in [-0.15, -0.1) is 10.2 Å². The molecule has 1 aliphatic rings. The first-order valence-corrected chi connectivity index (χ1v) is 12.0. The fourth-order valence-electron chi connectivity index (χ4n) is 3.83. The van der Waals surface area contributed by atoms with Crippen LogP contribution in [0.15, 0.2) is 53.4 Å². The number of piperazine rings is 1. The summed E-state index contributed by atoms with van der Waals surface area (Å²) < 4.78 is 27.9. The summed E-state index contributed by atoms with van der Waals surface area (Å²) in [7, 11) is -3.57. The summed E-state index contributed by atoms with van der Waals surface area (Å²) in [5, 5.41) is 9.37. The molecule has 0 atom stereocenters. The van der Waals surface area contributed by atoms with E-state index in [9.17, 15) is 8.42 Å². The number of anilines is 1. The summed E-state index contributed by atoms with van der Waals surface area (Å²) in [5.74, 6) is 0.757. The van der Waals surface area contributed by atoms with Gasteiger partial charge >= 0.3 is 0 Å². The lowest BCUT2D eigenvalue weighted by Crippen LogP contribution is -2.49. The molecule has 0 radical (unpaired) electrons. The molecule has 1 aliphatic heterocycles. The largest absolute Gasteiger partial charge is 0.352 e. The van der Waals surface area contributed by atoms with Gasteiger partial charge in [0.1, 0.15) is 0 Å². The lowest BCUT2D eigenvalue weighted by atomic mass is 10.1. The topological polar surface area (TPSA) is 66.4 Å². The van der Waals surface area contributed by atoms with Crippen molar-refractivity contribution in [2.45, 2.75) is 25.7 Å². The normalized spacial score (nSPS) is 15.3. The van der Waals surface area contributed by atoms with Gasteiger partial charge < -0.3 is 4.90 Å². The Balaban J connectivity index is 1.47. The maximum absolute atomic E-state index is 13.2. The summed E-state index contributed by atoms with van der Waals surface area (Å²) in [4.78, 5) is 2.39. The van der Waals surface area contributed by atoms with Gasteiger partial charge in [0, 0.05) is 36.8 Å². The summed E-state index contributed by atoms with van der Waals surface area (Å²) in [6.45, 7) is 7.55. The molecule has 8 heteroatoms. The number of sulfonamides is 1. The molecule has 2 heterocycles. The van der Waals surface area contributed by atoms with Gasteiger partial charge in [0.2, 0.25) is 10.0 Å². The molecule has 0 spiro atoms. The highest BCUT2D eigenvalue weighted by Gasteiger charge is 2.30. The van der Waals surface area contributed by atoms with Gasteiger partial charge in [-0.2, -0.15) is 4.31 Å². The van der Waals surface area contributed by atoms with Crippen molar-refractivity contribution in [3.63, 3.8) is 0 Å². The van der Waals surface area contributed by atoms with Crippen LogP contribution >= 0.6 is 11.6 Å². The highest BCUT2D eigenvalue weighted by molar-refractivity contribution is 7.89. The predicted octanol–water partition coefficient (Wildman–Crippen LogP) is 4.23. The smallest absolute Gasteiger partial charge is 0.243 e. The molecular formula is C23H25ClN4O2S. The van der Waals surface area contributed by atoms with Gasteiger partial charge in [0.05, 0.1) is 10.6 Å². The molecule has 1 aromatic heterocycles. The van der Waals surface area contributed by atoms with Crippen molar-refractivity contribution in [1.82, 2.24) is 14.5 Å². The molecule has 0 unspecified atom stereocenters. The molecule has 6 nitrogen and oxygen atoms in total. The van der Waals surface area contributed by atoms with Crippen LogP contribution in [-0.2, 0) is 10.0 Å². The first-order valence-electron chi connectivity index (χ1n) is 10.2. The summed E-state index contributed by atoms with van der Waals surface area (Å²) >= 11 is 6.14. The number of hydrogen-bond donors (Lipinski definition) is 0. The molecule has 0 bridgehead atoms. The molecule has 1 saturated heterocycles. The van der Waals surface area contributed by atoms with E-state index in [1.807, 2.05) is 37.3 Å². The van der Waals surface area contributed by atoms with E-state index in [0.717, 1.165) is 28.2 Å². The minimum atomic E-state index is -3.57. The van der Waals surface area contributed by atoms with E-state index >= 15 is 0 Å². The van der Waals surface area contributed by atoms with E-state index in [4.69, 9.17) is 11.6 Å². The standard InChI is InChI=1S/C23H25ClN4O2S/c1-16-6-4-5-7-19(16)21-8-9-23(26-25-21)27-10-12-28(13-11-27)31(29,30)22-15-17(2)20(24)14-18(22)3/h4-9,14-15H,10-13H2,1-3H3. The third kappa shape index (κ3) is 4.31. The Kier molecular flexibility index (Phi) is 6.01. The average Bonchev–Trinajstić information content (AvgIpc) is 2.77. The first-order chi connectivity index (χ1) is 14.8. The highest BCUT2D eigenvalue weighted by Crippen LogP contribution is 2.28. The van der Waals surface area contributed by atoms with Crippen LogP contribution in [0.5, 0.6) is 0 Å². The van der Waals surface area contributed by atoms with Crippen LogP contribution in [0.2, 0.25) is 5.02 Å². The molecule has 4 rings (SSSR count). The van der Waals surface area contributed by atoms with Crippen molar-refractivity contribution in [2.75, 3.05) is 31.1 Å². The second kappa shape index (κ2) is 8.57. The maximum atomic E-state index is 13.2. The first kappa shape index (κ1) is 21.7. The molecule has 1 fully saturated rings. The third-order valence-corrected chi connectivity index (χ3v) is 8.16. The number of aryl methyl sites for hydroxylation is 3. The molecule has 31 heavy (non-hydrogen) atoms. The third-order valence-electron chi connectivity index (χ3n) is 5.71. The van der Waals surface area contributed by atoms with Crippen molar-refractivity contribution in [3.8, 4) is 11.3 Å². The van der Waals surface area contributed by atoms with Gasteiger partial charge in [0.25, 0.3) is 0 Å². The van der Waals surface area contributed by atoms with E-state index in [0.29, 0.717) is 41.7 Å². The summed E-state index contributed by atoms with van der Waals surface area (Å²) in [6.07, 6.45) is 0. The van der Waals surface area contributed by atoms with Gasteiger partial charge in [0.15, 0.2) is 5.82 Å². The van der Waals surface area contributed by atoms with Crippen LogP contribution in [0, 0.1) is 20.8 Å². The maximum Gasteiger partial charge on any atom is 0.243 e. The molecule has 2 aromatic carbocycles. The number of aromatic nitrogens is 2. The van der Waals surface area contributed by atoms with Crippen LogP contribution in [0.1, 0.15) is 16.7 Å². The lowest BCUT2D eigenvalue weighted by Gasteiger charge is -2.34. The van der Waals surface area contributed by atoms with Gasteiger partial charge in [-0.3, -0.25) is 0 Å². The molecule has 0 saturated carbocycles. The fraction of sp³-hybridized carbons (Fsp3) is 0.304. The zero-order valence-electron chi connectivity index (χ0n) is 17.8. The molecule has 3 aromatic rings. The number of nitrogens with zero attached hydrogens (tertiary/aromatic N) is 4. The number of halogens is 1. The van der Waals surface area contributed by atoms with Gasteiger partial charge in [-0.1, -0.05) is 35.9 Å². The highest BCUT2D eigenvalue weighted by atomic mass is 35.5. The Morgan fingerprint density at radius 1 is 0.839 bits per heavy atom. The fourth-order valence-corrected chi connectivity index (χ4v) is 5.76. The zero-order valence-corrected chi connectivity index (χ0v) is 19.4. The second-order valence-electron chi connectivity index (χ2n) is 7.85. The molecular weight excluding hydrogens is 432 g/mol. The Hall–Kier alpha value is -2.48.